The van der Waals surface area contributed by atoms with Crippen LogP contribution in [0.1, 0.15) is 16.1 Å². The number of ether oxygens (including phenoxy) is 1. The van der Waals surface area contributed by atoms with Crippen LogP contribution in [0.3, 0.4) is 0 Å². The van der Waals surface area contributed by atoms with Crippen molar-refractivity contribution >= 4 is 27.5 Å². The van der Waals surface area contributed by atoms with Crippen LogP contribution in [0.15, 0.2) is 47.2 Å². The maximum Gasteiger partial charge on any atom is 0.573 e. The summed E-state index contributed by atoms with van der Waals surface area (Å²) in [6, 6.07) is 6.45. The average molecular weight is 432 g/mol. The summed E-state index contributed by atoms with van der Waals surface area (Å²) in [5.41, 5.74) is 0.934. The average Bonchev–Trinajstić information content (AvgIpc) is 2.97. The number of pyridine rings is 1. The van der Waals surface area contributed by atoms with Gasteiger partial charge in [0, 0.05) is 23.4 Å². The third kappa shape index (κ3) is 4.31. The number of nitrogens with zero attached hydrogens (tertiary/aromatic N) is 2. The van der Waals surface area contributed by atoms with E-state index >= 15 is 0 Å². The second kappa shape index (κ2) is 6.94. The highest BCUT2D eigenvalue weighted by atomic mass is 79.9. The van der Waals surface area contributed by atoms with E-state index in [1.54, 1.807) is 22.7 Å². The molecule has 0 saturated heterocycles. The van der Waals surface area contributed by atoms with E-state index in [9.17, 15) is 22.4 Å². The Balaban J connectivity index is 1.71. The zero-order valence-corrected chi connectivity index (χ0v) is 14.4. The predicted molar refractivity (Wildman–Crippen MR) is 87.1 cm³/mol. The zero-order chi connectivity index (χ0) is 18.9. The molecule has 1 amide bonds. The summed E-state index contributed by atoms with van der Waals surface area (Å²) in [5, 5.41) is 2.51. The number of rotatable bonds is 4. The zero-order valence-electron chi connectivity index (χ0n) is 12.8. The molecule has 0 atom stereocenters. The number of nitrogens with one attached hydrogen (secondary N) is 1. The van der Waals surface area contributed by atoms with Crippen molar-refractivity contribution in [2.75, 3.05) is 0 Å². The molecule has 0 radical (unpaired) electrons. The number of benzene rings is 1. The van der Waals surface area contributed by atoms with Gasteiger partial charge in [-0.2, -0.15) is 0 Å². The van der Waals surface area contributed by atoms with Crippen molar-refractivity contribution in [3.8, 4) is 5.75 Å². The predicted octanol–water partition coefficient (Wildman–Crippen LogP) is 4.06. The van der Waals surface area contributed by atoms with Crippen molar-refractivity contribution in [2.45, 2.75) is 12.9 Å². The molecule has 2 heterocycles. The molecule has 2 aromatic heterocycles. The molecule has 10 heteroatoms. The molecule has 1 aromatic carbocycles. The van der Waals surface area contributed by atoms with Crippen LogP contribution in [0.4, 0.5) is 17.6 Å². The van der Waals surface area contributed by atoms with Gasteiger partial charge in [-0.25, -0.2) is 9.37 Å². The van der Waals surface area contributed by atoms with Crippen LogP contribution < -0.4 is 10.1 Å². The minimum Gasteiger partial charge on any atom is -0.403 e. The molecule has 3 aromatic rings. The Hall–Kier alpha value is -2.62. The number of hydrogen-bond donors (Lipinski definition) is 1. The van der Waals surface area contributed by atoms with E-state index in [0.717, 1.165) is 16.6 Å². The SMILES string of the molecule is O=C(NCc1ccc(F)c(OC(F)(F)F)c1)c1cn2cc(Br)ccc2n1. The smallest absolute Gasteiger partial charge is 0.403 e. The molecule has 0 bridgehead atoms. The largest absolute Gasteiger partial charge is 0.573 e. The molecule has 5 nitrogen and oxygen atoms in total. The van der Waals surface area contributed by atoms with Crippen LogP contribution in [-0.4, -0.2) is 21.7 Å². The van der Waals surface area contributed by atoms with Crippen molar-refractivity contribution in [1.29, 1.82) is 0 Å². The fourth-order valence-corrected chi connectivity index (χ4v) is 2.56. The highest BCUT2D eigenvalue weighted by Gasteiger charge is 2.32. The Morgan fingerprint density at radius 3 is 2.73 bits per heavy atom. The van der Waals surface area contributed by atoms with Crippen LogP contribution in [0.5, 0.6) is 5.75 Å². The van der Waals surface area contributed by atoms with Gasteiger partial charge in [-0.05, 0) is 45.8 Å². The van der Waals surface area contributed by atoms with Gasteiger partial charge in [0.2, 0.25) is 0 Å². The quantitative estimate of drug-likeness (QED) is 0.633. The van der Waals surface area contributed by atoms with Gasteiger partial charge in [0.05, 0.1) is 0 Å². The molecule has 26 heavy (non-hydrogen) atoms. The minimum absolute atomic E-state index is 0.120. The van der Waals surface area contributed by atoms with E-state index in [4.69, 9.17) is 0 Å². The number of hydrogen-bond acceptors (Lipinski definition) is 3. The number of imidazole rings is 1. The Labute approximate surface area is 152 Å². The molecular formula is C16H10BrF4N3O2. The molecular weight excluding hydrogens is 422 g/mol. The maximum absolute atomic E-state index is 13.4. The van der Waals surface area contributed by atoms with Crippen molar-refractivity contribution in [2.24, 2.45) is 0 Å². The summed E-state index contributed by atoms with van der Waals surface area (Å²) in [7, 11) is 0. The highest BCUT2D eigenvalue weighted by Crippen LogP contribution is 2.26. The van der Waals surface area contributed by atoms with Crippen molar-refractivity contribution in [1.82, 2.24) is 14.7 Å². The van der Waals surface area contributed by atoms with E-state index in [1.165, 1.54) is 12.3 Å². The van der Waals surface area contributed by atoms with Crippen molar-refractivity contribution < 1.29 is 27.1 Å². The van der Waals surface area contributed by atoms with Crippen LogP contribution in [0.25, 0.3) is 5.65 Å². The molecule has 0 spiro atoms. The molecule has 0 aliphatic carbocycles. The highest BCUT2D eigenvalue weighted by molar-refractivity contribution is 9.10. The number of carbonyl (C=O) groups is 1. The van der Waals surface area contributed by atoms with Gasteiger partial charge in [-0.15, -0.1) is 13.2 Å². The Kier molecular flexibility index (Phi) is 4.86. The van der Waals surface area contributed by atoms with Crippen LogP contribution in [0.2, 0.25) is 0 Å². The minimum atomic E-state index is -5.01. The summed E-state index contributed by atoms with van der Waals surface area (Å²) in [4.78, 5) is 16.3. The van der Waals surface area contributed by atoms with E-state index < -0.39 is 23.8 Å². The standard InChI is InChI=1S/C16H10BrF4N3O2/c17-10-2-4-14-23-12(8-24(14)7-10)15(25)22-6-9-1-3-11(18)13(5-9)26-16(19,20)21/h1-5,7-8H,6H2,(H,22,25). The monoisotopic (exact) mass is 431 g/mol. The second-order valence-corrected chi connectivity index (χ2v) is 6.15. The van der Waals surface area contributed by atoms with E-state index in [0.29, 0.717) is 5.65 Å². The first-order valence-electron chi connectivity index (χ1n) is 7.18. The molecule has 0 saturated carbocycles. The van der Waals surface area contributed by atoms with Gasteiger partial charge in [-0.3, -0.25) is 4.79 Å². The van der Waals surface area contributed by atoms with E-state index in [-0.39, 0.29) is 17.8 Å². The molecule has 3 rings (SSSR count). The fourth-order valence-electron chi connectivity index (χ4n) is 2.21. The normalized spacial score (nSPS) is 11.6. The maximum atomic E-state index is 13.4. The van der Waals surface area contributed by atoms with Crippen LogP contribution in [0, 0.1) is 5.82 Å². The summed E-state index contributed by atoms with van der Waals surface area (Å²) in [6.07, 6.45) is -1.77. The first-order valence-corrected chi connectivity index (χ1v) is 7.97. The number of carbonyl (C=O) groups excluding carboxylic acids is 1. The van der Waals surface area contributed by atoms with Crippen molar-refractivity contribution in [3.05, 3.63) is 64.3 Å². The molecule has 0 aliphatic rings. The van der Waals surface area contributed by atoms with Gasteiger partial charge < -0.3 is 14.5 Å². The number of halogens is 5. The van der Waals surface area contributed by atoms with Crippen molar-refractivity contribution in [3.63, 3.8) is 0 Å². The lowest BCUT2D eigenvalue weighted by Crippen LogP contribution is -2.23. The molecule has 0 aliphatic heterocycles. The summed E-state index contributed by atoms with van der Waals surface area (Å²) in [6.45, 7) is -0.120. The number of alkyl halides is 3. The van der Waals surface area contributed by atoms with Gasteiger partial charge in [0.25, 0.3) is 5.91 Å². The van der Waals surface area contributed by atoms with E-state index in [1.807, 2.05) is 0 Å². The van der Waals surface area contributed by atoms with Gasteiger partial charge in [0.1, 0.15) is 11.3 Å². The molecule has 0 unspecified atom stereocenters. The number of fused-ring (bicyclic) bond motifs is 1. The van der Waals surface area contributed by atoms with Gasteiger partial charge >= 0.3 is 6.36 Å². The number of aromatic nitrogens is 2. The summed E-state index contributed by atoms with van der Waals surface area (Å²) < 4.78 is 56.2. The Bertz CT molecular complexity index is 972. The Morgan fingerprint density at radius 1 is 1.23 bits per heavy atom. The first-order chi connectivity index (χ1) is 12.2. The lowest BCUT2D eigenvalue weighted by molar-refractivity contribution is -0.275. The van der Waals surface area contributed by atoms with Crippen LogP contribution in [-0.2, 0) is 6.54 Å². The fraction of sp³-hybridized carbons (Fsp3) is 0.125. The lowest BCUT2D eigenvalue weighted by atomic mass is 10.2. The second-order valence-electron chi connectivity index (χ2n) is 5.23. The first kappa shape index (κ1) is 18.2. The summed E-state index contributed by atoms with van der Waals surface area (Å²) in [5.74, 6) is -2.63. The third-order valence-corrected chi connectivity index (χ3v) is 3.79. The van der Waals surface area contributed by atoms with E-state index in [2.05, 4.69) is 31.0 Å². The lowest BCUT2D eigenvalue weighted by Gasteiger charge is -2.11. The topological polar surface area (TPSA) is 55.6 Å². The Morgan fingerprint density at radius 2 is 2.00 bits per heavy atom. The van der Waals surface area contributed by atoms with Gasteiger partial charge in [0.15, 0.2) is 11.6 Å². The molecule has 1 N–H and O–H groups in total. The van der Waals surface area contributed by atoms with Gasteiger partial charge in [-0.1, -0.05) is 6.07 Å². The third-order valence-electron chi connectivity index (χ3n) is 3.32. The molecule has 136 valence electrons. The summed E-state index contributed by atoms with van der Waals surface area (Å²) >= 11 is 3.30. The number of amides is 1. The van der Waals surface area contributed by atoms with Crippen LogP contribution >= 0.6 is 15.9 Å². The molecule has 0 fully saturated rings.